The van der Waals surface area contributed by atoms with E-state index in [0.29, 0.717) is 0 Å². The number of hydrogen-bond donors (Lipinski definition) is 1. The van der Waals surface area contributed by atoms with Crippen molar-refractivity contribution in [1.82, 2.24) is 15.0 Å². The van der Waals surface area contributed by atoms with Crippen molar-refractivity contribution >= 4 is 16.7 Å². The van der Waals surface area contributed by atoms with Crippen molar-refractivity contribution in [3.8, 4) is 11.1 Å². The fraction of sp³-hybridized carbons (Fsp3) is 0.381. The molecule has 0 unspecified atom stereocenters. The Balaban J connectivity index is 1.91. The topological polar surface area (TPSA) is 64.7 Å². The van der Waals surface area contributed by atoms with Crippen molar-refractivity contribution in [1.29, 1.82) is 0 Å². The maximum Gasteiger partial charge on any atom is 0.162 e. The molecule has 2 aliphatic carbocycles. The lowest BCUT2D eigenvalue weighted by atomic mass is 9.85. The minimum Gasteiger partial charge on any atom is -0.398 e. The highest BCUT2D eigenvalue weighted by Crippen LogP contribution is 2.41. The van der Waals surface area contributed by atoms with E-state index in [4.69, 9.17) is 15.7 Å². The van der Waals surface area contributed by atoms with Gasteiger partial charge in [-0.1, -0.05) is 6.07 Å². The molecule has 2 aliphatic rings. The number of aryl methyl sites for hydroxylation is 2. The van der Waals surface area contributed by atoms with Gasteiger partial charge in [-0.3, -0.25) is 4.98 Å². The fourth-order valence-corrected chi connectivity index (χ4v) is 4.48. The lowest BCUT2D eigenvalue weighted by Gasteiger charge is -2.24. The Bertz CT molecular complexity index is 958. The molecule has 0 aliphatic heterocycles. The lowest BCUT2D eigenvalue weighted by Crippen LogP contribution is -2.14. The number of fused-ring (bicyclic) bond motifs is 3. The maximum absolute atomic E-state index is 6.71. The van der Waals surface area contributed by atoms with Gasteiger partial charge in [0, 0.05) is 40.6 Å². The van der Waals surface area contributed by atoms with E-state index in [2.05, 4.69) is 11.1 Å². The lowest BCUT2D eigenvalue weighted by molar-refractivity contribution is 0.665. The second-order valence-electron chi connectivity index (χ2n) is 7.22. The van der Waals surface area contributed by atoms with Gasteiger partial charge in [-0.15, -0.1) is 0 Å². The van der Waals surface area contributed by atoms with Crippen LogP contribution in [-0.2, 0) is 25.7 Å². The van der Waals surface area contributed by atoms with Crippen LogP contribution in [-0.4, -0.2) is 15.0 Å². The summed E-state index contributed by atoms with van der Waals surface area (Å²) in [5, 5.41) is 1.05. The molecule has 126 valence electrons. The van der Waals surface area contributed by atoms with E-state index in [1.165, 1.54) is 48.1 Å². The molecule has 2 N–H and O–H groups in total. The predicted octanol–water partition coefficient (Wildman–Crippen LogP) is 4.03. The molecular formula is C21H22N4. The van der Waals surface area contributed by atoms with Gasteiger partial charge < -0.3 is 5.73 Å². The molecule has 0 atom stereocenters. The summed E-state index contributed by atoms with van der Waals surface area (Å²) in [5.41, 5.74) is 15.8. The molecule has 0 bridgehead atoms. The summed E-state index contributed by atoms with van der Waals surface area (Å²) in [4.78, 5) is 14.3. The fourth-order valence-electron chi connectivity index (χ4n) is 4.48. The molecule has 4 heteroatoms. The number of nitrogens with two attached hydrogens (primary N) is 1. The molecule has 3 heterocycles. The number of hydrogen-bond acceptors (Lipinski definition) is 4. The van der Waals surface area contributed by atoms with Crippen molar-refractivity contribution < 1.29 is 0 Å². The van der Waals surface area contributed by atoms with Crippen LogP contribution in [0.1, 0.15) is 48.2 Å². The van der Waals surface area contributed by atoms with E-state index in [0.717, 1.165) is 53.7 Å². The van der Waals surface area contributed by atoms with E-state index >= 15 is 0 Å². The van der Waals surface area contributed by atoms with Crippen LogP contribution < -0.4 is 5.73 Å². The van der Waals surface area contributed by atoms with Gasteiger partial charge in [0.2, 0.25) is 0 Å². The number of anilines is 1. The SMILES string of the molecule is Nc1c2c(nc3nc4c(c(-c5cccnc5)c13)CCCC4)CCCC2. The summed E-state index contributed by atoms with van der Waals surface area (Å²) in [6, 6.07) is 4.13. The second kappa shape index (κ2) is 5.80. The average molecular weight is 330 g/mol. The van der Waals surface area contributed by atoms with Gasteiger partial charge in [0.25, 0.3) is 0 Å². The van der Waals surface area contributed by atoms with Crippen LogP contribution in [0.15, 0.2) is 24.5 Å². The molecule has 4 nitrogen and oxygen atoms in total. The average Bonchev–Trinajstić information content (AvgIpc) is 2.67. The van der Waals surface area contributed by atoms with Gasteiger partial charge in [0.1, 0.15) is 0 Å². The van der Waals surface area contributed by atoms with Crippen molar-refractivity contribution in [3.05, 3.63) is 47.0 Å². The quantitative estimate of drug-likeness (QED) is 0.731. The van der Waals surface area contributed by atoms with Gasteiger partial charge in [0.05, 0.1) is 5.39 Å². The first-order valence-corrected chi connectivity index (χ1v) is 9.36. The molecule has 0 amide bonds. The van der Waals surface area contributed by atoms with Crippen molar-refractivity contribution in [3.63, 3.8) is 0 Å². The van der Waals surface area contributed by atoms with E-state index in [1.54, 1.807) is 0 Å². The van der Waals surface area contributed by atoms with Crippen LogP contribution >= 0.6 is 0 Å². The number of pyridine rings is 3. The van der Waals surface area contributed by atoms with Crippen LogP contribution in [0, 0.1) is 0 Å². The molecule has 0 aromatic carbocycles. The third-order valence-electron chi connectivity index (χ3n) is 5.68. The zero-order chi connectivity index (χ0) is 16.8. The second-order valence-corrected chi connectivity index (χ2v) is 7.22. The number of nitrogen functional groups attached to an aromatic ring is 1. The summed E-state index contributed by atoms with van der Waals surface area (Å²) < 4.78 is 0. The van der Waals surface area contributed by atoms with E-state index in [9.17, 15) is 0 Å². The molecule has 5 rings (SSSR count). The first kappa shape index (κ1) is 14.8. The Hall–Kier alpha value is -2.49. The third-order valence-corrected chi connectivity index (χ3v) is 5.68. The molecule has 25 heavy (non-hydrogen) atoms. The van der Waals surface area contributed by atoms with Gasteiger partial charge in [0.15, 0.2) is 5.65 Å². The summed E-state index contributed by atoms with van der Waals surface area (Å²) in [5.74, 6) is 0. The van der Waals surface area contributed by atoms with Gasteiger partial charge in [-0.2, -0.15) is 0 Å². The molecule has 0 fully saturated rings. The van der Waals surface area contributed by atoms with Crippen LogP contribution in [0.25, 0.3) is 22.2 Å². The smallest absolute Gasteiger partial charge is 0.162 e. The number of aromatic nitrogens is 3. The standard InChI is InChI=1S/C21H22N4/c22-20-15-8-2-4-10-17(15)25-21-19(20)18(13-6-5-11-23-12-13)14-7-1-3-9-16(14)24-21/h5-6,11-12H,1-4,7-10H2,(H2,22,24,25). The molecule has 0 saturated heterocycles. The maximum atomic E-state index is 6.71. The van der Waals surface area contributed by atoms with Crippen molar-refractivity contribution in [2.24, 2.45) is 0 Å². The number of nitrogens with zero attached hydrogens (tertiary/aromatic N) is 3. The van der Waals surface area contributed by atoms with Gasteiger partial charge >= 0.3 is 0 Å². The van der Waals surface area contributed by atoms with Crippen LogP contribution in [0.4, 0.5) is 5.69 Å². The largest absolute Gasteiger partial charge is 0.398 e. The highest BCUT2D eigenvalue weighted by Gasteiger charge is 2.24. The summed E-state index contributed by atoms with van der Waals surface area (Å²) in [7, 11) is 0. The number of rotatable bonds is 1. The molecule has 0 saturated carbocycles. The zero-order valence-electron chi connectivity index (χ0n) is 14.4. The summed E-state index contributed by atoms with van der Waals surface area (Å²) >= 11 is 0. The van der Waals surface area contributed by atoms with Crippen LogP contribution in [0.3, 0.4) is 0 Å². The van der Waals surface area contributed by atoms with E-state index in [-0.39, 0.29) is 0 Å². The first-order chi connectivity index (χ1) is 12.3. The van der Waals surface area contributed by atoms with E-state index in [1.807, 2.05) is 18.5 Å². The Labute approximate surface area is 147 Å². The highest BCUT2D eigenvalue weighted by molar-refractivity contribution is 6.03. The molecular weight excluding hydrogens is 308 g/mol. The summed E-state index contributed by atoms with van der Waals surface area (Å²) in [6.07, 6.45) is 12.8. The van der Waals surface area contributed by atoms with Crippen molar-refractivity contribution in [2.75, 3.05) is 5.73 Å². The minimum absolute atomic E-state index is 0.831. The zero-order valence-corrected chi connectivity index (χ0v) is 14.4. The Morgan fingerprint density at radius 1 is 0.840 bits per heavy atom. The molecule has 0 radical (unpaired) electrons. The van der Waals surface area contributed by atoms with Gasteiger partial charge in [-0.05, 0) is 68.6 Å². The molecule has 3 aromatic heterocycles. The Morgan fingerprint density at radius 3 is 2.24 bits per heavy atom. The first-order valence-electron chi connectivity index (χ1n) is 9.36. The van der Waals surface area contributed by atoms with Crippen LogP contribution in [0.5, 0.6) is 0 Å². The monoisotopic (exact) mass is 330 g/mol. The Morgan fingerprint density at radius 2 is 1.52 bits per heavy atom. The van der Waals surface area contributed by atoms with Crippen molar-refractivity contribution in [2.45, 2.75) is 51.4 Å². The normalized spacial score (nSPS) is 16.5. The highest BCUT2D eigenvalue weighted by atomic mass is 14.9. The van der Waals surface area contributed by atoms with Gasteiger partial charge in [-0.25, -0.2) is 9.97 Å². The molecule has 0 spiro atoms. The van der Waals surface area contributed by atoms with E-state index < -0.39 is 0 Å². The Kier molecular flexibility index (Phi) is 3.44. The summed E-state index contributed by atoms with van der Waals surface area (Å²) in [6.45, 7) is 0. The third kappa shape index (κ3) is 2.31. The molecule has 3 aromatic rings. The minimum atomic E-state index is 0.831. The van der Waals surface area contributed by atoms with Crippen LogP contribution in [0.2, 0.25) is 0 Å². The predicted molar refractivity (Wildman–Crippen MR) is 100 cm³/mol.